The molecule has 1 aromatic rings. The lowest BCUT2D eigenvalue weighted by molar-refractivity contribution is 0.198. The molecule has 70 valence electrons. The van der Waals surface area contributed by atoms with Crippen molar-refractivity contribution in [2.75, 3.05) is 6.54 Å². The molecule has 0 saturated heterocycles. The number of hydrogen-bond donors (Lipinski definition) is 2. The molecule has 1 aromatic carbocycles. The minimum atomic E-state index is -0.373. The van der Waals surface area contributed by atoms with Gasteiger partial charge in [-0.05, 0) is 6.92 Å². The first kappa shape index (κ1) is 10.2. The minimum Gasteiger partial charge on any atom is -0.392 e. The SMILES string of the molecule is C[C@@H](O)CNC(=S)c1ccccc1. The molecule has 1 rings (SSSR count). The van der Waals surface area contributed by atoms with Gasteiger partial charge in [0.05, 0.1) is 6.10 Å². The van der Waals surface area contributed by atoms with Crippen LogP contribution in [-0.2, 0) is 0 Å². The van der Waals surface area contributed by atoms with Gasteiger partial charge >= 0.3 is 0 Å². The maximum Gasteiger partial charge on any atom is 0.106 e. The molecule has 0 unspecified atom stereocenters. The van der Waals surface area contributed by atoms with Crippen molar-refractivity contribution in [1.29, 1.82) is 0 Å². The van der Waals surface area contributed by atoms with E-state index in [4.69, 9.17) is 17.3 Å². The first-order chi connectivity index (χ1) is 6.20. The van der Waals surface area contributed by atoms with E-state index in [1.807, 2.05) is 30.3 Å². The molecule has 0 aliphatic heterocycles. The highest BCUT2D eigenvalue weighted by molar-refractivity contribution is 7.80. The molecule has 0 aromatic heterocycles. The van der Waals surface area contributed by atoms with Crippen LogP contribution in [-0.4, -0.2) is 22.7 Å². The van der Waals surface area contributed by atoms with Gasteiger partial charge in [0.2, 0.25) is 0 Å². The Kier molecular flexibility index (Phi) is 3.86. The summed E-state index contributed by atoms with van der Waals surface area (Å²) in [6, 6.07) is 9.70. The molecule has 1 atom stereocenters. The van der Waals surface area contributed by atoms with Crippen LogP contribution in [0.25, 0.3) is 0 Å². The van der Waals surface area contributed by atoms with Gasteiger partial charge in [-0.25, -0.2) is 0 Å². The molecule has 0 bridgehead atoms. The minimum absolute atomic E-state index is 0.373. The van der Waals surface area contributed by atoms with E-state index >= 15 is 0 Å². The molecule has 0 spiro atoms. The van der Waals surface area contributed by atoms with Gasteiger partial charge in [-0.1, -0.05) is 42.5 Å². The van der Waals surface area contributed by atoms with Crippen molar-refractivity contribution in [1.82, 2.24) is 5.32 Å². The average Bonchev–Trinajstić information content (AvgIpc) is 2.15. The molecule has 3 heteroatoms. The number of aliphatic hydroxyl groups excluding tert-OH is 1. The van der Waals surface area contributed by atoms with E-state index in [-0.39, 0.29) is 6.10 Å². The van der Waals surface area contributed by atoms with Gasteiger partial charge in [-0.2, -0.15) is 0 Å². The van der Waals surface area contributed by atoms with Crippen LogP contribution in [0.1, 0.15) is 12.5 Å². The van der Waals surface area contributed by atoms with Gasteiger partial charge in [-0.15, -0.1) is 0 Å². The number of thiocarbonyl (C=S) groups is 1. The summed E-state index contributed by atoms with van der Waals surface area (Å²) < 4.78 is 0. The molecule has 0 aliphatic rings. The molecular formula is C10H13NOS. The first-order valence-electron chi connectivity index (χ1n) is 4.21. The van der Waals surface area contributed by atoms with Crippen LogP contribution in [0, 0.1) is 0 Å². The fourth-order valence-electron chi connectivity index (χ4n) is 0.932. The number of benzene rings is 1. The summed E-state index contributed by atoms with van der Waals surface area (Å²) in [5.74, 6) is 0. The summed E-state index contributed by atoms with van der Waals surface area (Å²) in [4.78, 5) is 0.682. The largest absolute Gasteiger partial charge is 0.392 e. The summed E-state index contributed by atoms with van der Waals surface area (Å²) in [7, 11) is 0. The lowest BCUT2D eigenvalue weighted by Gasteiger charge is -2.09. The predicted molar refractivity (Wildman–Crippen MR) is 57.8 cm³/mol. The van der Waals surface area contributed by atoms with E-state index in [0.717, 1.165) is 5.56 Å². The molecular weight excluding hydrogens is 182 g/mol. The topological polar surface area (TPSA) is 32.3 Å². The third-order valence-electron chi connectivity index (χ3n) is 1.59. The molecule has 0 heterocycles. The van der Waals surface area contributed by atoms with Crippen LogP contribution in [0.4, 0.5) is 0 Å². The Balaban J connectivity index is 2.50. The molecule has 0 radical (unpaired) electrons. The van der Waals surface area contributed by atoms with E-state index in [0.29, 0.717) is 11.5 Å². The summed E-state index contributed by atoms with van der Waals surface area (Å²) in [5, 5.41) is 12.0. The molecule has 0 aliphatic carbocycles. The van der Waals surface area contributed by atoms with Crippen LogP contribution in [0.2, 0.25) is 0 Å². The maximum absolute atomic E-state index is 9.03. The number of nitrogens with one attached hydrogen (secondary N) is 1. The van der Waals surface area contributed by atoms with Gasteiger partial charge in [0.15, 0.2) is 0 Å². The molecule has 0 fully saturated rings. The second-order valence-corrected chi connectivity index (χ2v) is 3.33. The van der Waals surface area contributed by atoms with Gasteiger partial charge in [-0.3, -0.25) is 0 Å². The Morgan fingerprint density at radius 3 is 2.62 bits per heavy atom. The zero-order valence-corrected chi connectivity index (χ0v) is 8.34. The Morgan fingerprint density at radius 2 is 2.08 bits per heavy atom. The third-order valence-corrected chi connectivity index (χ3v) is 1.97. The monoisotopic (exact) mass is 195 g/mol. The zero-order valence-electron chi connectivity index (χ0n) is 7.53. The van der Waals surface area contributed by atoms with Crippen molar-refractivity contribution in [3.8, 4) is 0 Å². The van der Waals surface area contributed by atoms with E-state index in [1.54, 1.807) is 6.92 Å². The van der Waals surface area contributed by atoms with Crippen molar-refractivity contribution in [2.45, 2.75) is 13.0 Å². The normalized spacial score (nSPS) is 12.2. The second kappa shape index (κ2) is 4.94. The molecule has 2 N–H and O–H groups in total. The van der Waals surface area contributed by atoms with E-state index in [1.165, 1.54) is 0 Å². The summed E-state index contributed by atoms with van der Waals surface area (Å²) >= 11 is 5.12. The van der Waals surface area contributed by atoms with Crippen molar-refractivity contribution in [3.05, 3.63) is 35.9 Å². The van der Waals surface area contributed by atoms with Crippen molar-refractivity contribution in [3.63, 3.8) is 0 Å². The predicted octanol–water partition coefficient (Wildman–Crippen LogP) is 1.33. The lowest BCUT2D eigenvalue weighted by atomic mass is 10.2. The Morgan fingerprint density at radius 1 is 1.46 bits per heavy atom. The Bertz CT molecular complexity index is 272. The van der Waals surface area contributed by atoms with Crippen LogP contribution in [0.5, 0.6) is 0 Å². The van der Waals surface area contributed by atoms with Crippen LogP contribution >= 0.6 is 12.2 Å². The average molecular weight is 195 g/mol. The smallest absolute Gasteiger partial charge is 0.106 e. The highest BCUT2D eigenvalue weighted by atomic mass is 32.1. The standard InChI is InChI=1S/C10H13NOS/c1-8(12)7-11-10(13)9-5-3-2-4-6-9/h2-6,8,12H,7H2,1H3,(H,11,13)/t8-/m1/s1. The summed E-state index contributed by atoms with van der Waals surface area (Å²) in [6.45, 7) is 2.22. The van der Waals surface area contributed by atoms with Gasteiger partial charge in [0.1, 0.15) is 4.99 Å². The van der Waals surface area contributed by atoms with Crippen molar-refractivity contribution >= 4 is 17.2 Å². The molecule has 2 nitrogen and oxygen atoms in total. The van der Waals surface area contributed by atoms with E-state index in [2.05, 4.69) is 5.32 Å². The Labute approximate surface area is 83.6 Å². The van der Waals surface area contributed by atoms with Gasteiger partial charge in [0.25, 0.3) is 0 Å². The van der Waals surface area contributed by atoms with Gasteiger partial charge in [0, 0.05) is 12.1 Å². The maximum atomic E-state index is 9.03. The highest BCUT2D eigenvalue weighted by Gasteiger charge is 2.00. The fourth-order valence-corrected chi connectivity index (χ4v) is 1.15. The fraction of sp³-hybridized carbons (Fsp3) is 0.300. The lowest BCUT2D eigenvalue weighted by Crippen LogP contribution is -2.29. The van der Waals surface area contributed by atoms with Crippen molar-refractivity contribution in [2.24, 2.45) is 0 Å². The van der Waals surface area contributed by atoms with Crippen LogP contribution in [0.3, 0.4) is 0 Å². The zero-order chi connectivity index (χ0) is 9.68. The number of aliphatic hydroxyl groups is 1. The molecule has 13 heavy (non-hydrogen) atoms. The van der Waals surface area contributed by atoms with E-state index in [9.17, 15) is 0 Å². The summed E-state index contributed by atoms with van der Waals surface area (Å²) in [5.41, 5.74) is 0.984. The van der Waals surface area contributed by atoms with Crippen LogP contribution < -0.4 is 5.32 Å². The first-order valence-corrected chi connectivity index (χ1v) is 4.62. The third kappa shape index (κ3) is 3.53. The van der Waals surface area contributed by atoms with Crippen molar-refractivity contribution < 1.29 is 5.11 Å². The number of hydrogen-bond acceptors (Lipinski definition) is 2. The van der Waals surface area contributed by atoms with Crippen LogP contribution in [0.15, 0.2) is 30.3 Å². The highest BCUT2D eigenvalue weighted by Crippen LogP contribution is 1.98. The quantitative estimate of drug-likeness (QED) is 0.714. The van der Waals surface area contributed by atoms with Gasteiger partial charge < -0.3 is 10.4 Å². The molecule has 0 amide bonds. The Hall–Kier alpha value is -0.930. The second-order valence-electron chi connectivity index (χ2n) is 2.93. The molecule has 0 saturated carbocycles. The summed E-state index contributed by atoms with van der Waals surface area (Å²) in [6.07, 6.45) is -0.373. The van der Waals surface area contributed by atoms with E-state index < -0.39 is 0 Å². The number of rotatable bonds is 3.